The number of nitriles is 1. The van der Waals surface area contributed by atoms with Crippen molar-refractivity contribution in [1.29, 1.82) is 5.26 Å². The predicted octanol–water partition coefficient (Wildman–Crippen LogP) is 7.30. The van der Waals surface area contributed by atoms with Crippen LogP contribution in [0.25, 0.3) is 10.8 Å². The second kappa shape index (κ2) is 27.2. The Kier molecular flexibility index (Phi) is 19.3. The van der Waals surface area contributed by atoms with Crippen LogP contribution in [0.1, 0.15) is 86.3 Å². The van der Waals surface area contributed by atoms with Gasteiger partial charge in [0.15, 0.2) is 5.82 Å². The standard InChI is InChI=1S/C59H76ClN13O7/c1-4-49-57(75)69(2)51-36-64-58(67-55(51)73(49)43-13-5-6-14-43)65-47-19-18-41(35-52(47)76-3)56(74)63-24-30-78-32-34-79-33-31-77-29-10-26-70-25-9-15-44(70)39-80-59-66-48-38-71(50-17-8-12-40-11-7-16-46(60)53(40)50)27-21-45(48)54(68-59)72-28-23-62-42(37-72)20-22-61/h7-8,11-12,16-19,35-36,42-44,49,62H,4-6,9-10,13-15,20-21,23-34,37-39H2,1-3H3,(H,63,74)(H,64,65,67)/t42-,44-,49+/m0/s1. The van der Waals surface area contributed by atoms with E-state index in [1.165, 1.54) is 0 Å². The van der Waals surface area contributed by atoms with E-state index in [1.54, 1.807) is 43.5 Å². The predicted molar refractivity (Wildman–Crippen MR) is 310 cm³/mol. The highest BCUT2D eigenvalue weighted by Crippen LogP contribution is 2.41. The largest absolute Gasteiger partial charge is 0.495 e. The van der Waals surface area contributed by atoms with Gasteiger partial charge in [0.2, 0.25) is 11.9 Å². The van der Waals surface area contributed by atoms with Gasteiger partial charge in [-0.25, -0.2) is 4.98 Å². The van der Waals surface area contributed by atoms with Crippen LogP contribution in [0.3, 0.4) is 0 Å². The van der Waals surface area contributed by atoms with Crippen LogP contribution in [-0.2, 0) is 32.0 Å². The van der Waals surface area contributed by atoms with Gasteiger partial charge in [-0.15, -0.1) is 0 Å². The van der Waals surface area contributed by atoms with Gasteiger partial charge in [-0.2, -0.15) is 20.2 Å². The minimum Gasteiger partial charge on any atom is -0.495 e. The molecule has 1 saturated carbocycles. The zero-order valence-electron chi connectivity index (χ0n) is 46.5. The van der Waals surface area contributed by atoms with Crippen LogP contribution in [0.5, 0.6) is 11.8 Å². The van der Waals surface area contributed by atoms with Crippen molar-refractivity contribution < 1.29 is 33.3 Å². The summed E-state index contributed by atoms with van der Waals surface area (Å²) in [5.41, 5.74) is 4.96. The maximum atomic E-state index is 13.3. The lowest BCUT2D eigenvalue weighted by Crippen LogP contribution is -2.55. The van der Waals surface area contributed by atoms with Gasteiger partial charge < -0.3 is 59.2 Å². The number of rotatable bonds is 25. The van der Waals surface area contributed by atoms with Crippen molar-refractivity contribution in [1.82, 2.24) is 35.5 Å². The number of nitrogens with one attached hydrogen (secondary N) is 3. The van der Waals surface area contributed by atoms with Gasteiger partial charge in [0.05, 0.1) is 81.8 Å². The maximum absolute atomic E-state index is 13.3. The van der Waals surface area contributed by atoms with Gasteiger partial charge in [-0.05, 0) is 87.2 Å². The summed E-state index contributed by atoms with van der Waals surface area (Å²) in [5.74, 6) is 2.34. The maximum Gasteiger partial charge on any atom is 0.318 e. The van der Waals surface area contributed by atoms with E-state index in [0.29, 0.717) is 113 Å². The number of hydrogen-bond acceptors (Lipinski definition) is 18. The number of halogens is 1. The van der Waals surface area contributed by atoms with Crippen molar-refractivity contribution in [2.75, 3.05) is 131 Å². The minimum atomic E-state index is -0.268. The van der Waals surface area contributed by atoms with E-state index in [4.69, 9.17) is 50.2 Å². The lowest BCUT2D eigenvalue weighted by Gasteiger charge is -2.43. The molecule has 0 unspecified atom stereocenters. The number of piperazine rings is 1. The van der Waals surface area contributed by atoms with Crippen LogP contribution >= 0.6 is 11.6 Å². The average Bonchev–Trinajstić information content (AvgIpc) is 4.21. The highest BCUT2D eigenvalue weighted by molar-refractivity contribution is 6.36. The van der Waals surface area contributed by atoms with Crippen molar-refractivity contribution in [2.45, 2.75) is 102 Å². The summed E-state index contributed by atoms with van der Waals surface area (Å²) in [4.78, 5) is 57.1. The number of carbonyl (C=O) groups excluding carboxylic acids is 2. The molecule has 3 atom stereocenters. The van der Waals surface area contributed by atoms with E-state index in [9.17, 15) is 14.9 Å². The highest BCUT2D eigenvalue weighted by Gasteiger charge is 2.41. The summed E-state index contributed by atoms with van der Waals surface area (Å²) in [6.45, 7) is 11.2. The molecule has 3 fully saturated rings. The van der Waals surface area contributed by atoms with Crippen LogP contribution in [-0.4, -0.2) is 167 Å². The van der Waals surface area contributed by atoms with Gasteiger partial charge in [0.25, 0.3) is 5.91 Å². The van der Waals surface area contributed by atoms with Crippen molar-refractivity contribution >= 4 is 68.8 Å². The Labute approximate surface area is 474 Å². The van der Waals surface area contributed by atoms with Crippen molar-refractivity contribution in [3.8, 4) is 17.8 Å². The molecule has 5 aromatic rings. The molecule has 0 bridgehead atoms. The van der Waals surface area contributed by atoms with E-state index in [-0.39, 0.29) is 36.0 Å². The SMILES string of the molecule is CC[C@@H]1C(=O)N(C)c2cnc(Nc3ccc(C(=O)NCCOCCOCCOCCCN4CCC[C@H]4COc4nc5c(c(N6CCN[C@@H](CC#N)C6)n4)CCN(c4cccc6cccc(Cl)c46)C5)cc3OC)nc2N1C1CCCC1. The lowest BCUT2D eigenvalue weighted by molar-refractivity contribution is -0.120. The number of methoxy groups -OCH3 is 1. The number of likely N-dealkylation sites (tertiary alicyclic amines) is 1. The molecular formula is C59H76ClN13O7. The van der Waals surface area contributed by atoms with Gasteiger partial charge in [-0.3, -0.25) is 14.5 Å². The number of carbonyl (C=O) groups is 2. The van der Waals surface area contributed by atoms with Crippen LogP contribution in [0.4, 0.5) is 34.6 Å². The zero-order chi connectivity index (χ0) is 55.4. The Morgan fingerprint density at radius 3 is 2.50 bits per heavy atom. The third-order valence-electron chi connectivity index (χ3n) is 16.1. The molecule has 21 heteroatoms. The fourth-order valence-corrected chi connectivity index (χ4v) is 12.3. The van der Waals surface area contributed by atoms with E-state index < -0.39 is 0 Å². The quantitative estimate of drug-likeness (QED) is 0.0490. The van der Waals surface area contributed by atoms with Gasteiger partial charge >= 0.3 is 6.01 Å². The number of likely N-dealkylation sites (N-methyl/N-ethyl adjacent to an activating group) is 1. The molecular weight excluding hydrogens is 1040 g/mol. The first-order valence-electron chi connectivity index (χ1n) is 28.6. The number of hydrogen-bond donors (Lipinski definition) is 3. The van der Waals surface area contributed by atoms with E-state index in [1.807, 2.05) is 19.1 Å². The summed E-state index contributed by atoms with van der Waals surface area (Å²) in [6, 6.07) is 20.6. The summed E-state index contributed by atoms with van der Waals surface area (Å²) >= 11 is 6.79. The summed E-state index contributed by atoms with van der Waals surface area (Å²) in [6.07, 6.45) is 11.0. The number of nitrogens with zero attached hydrogens (tertiary/aromatic N) is 10. The van der Waals surface area contributed by atoms with E-state index >= 15 is 0 Å². The molecule has 1 aliphatic carbocycles. The molecule has 426 valence electrons. The Bertz CT molecular complexity index is 2970. The van der Waals surface area contributed by atoms with Gasteiger partial charge in [-0.1, -0.05) is 55.6 Å². The molecule has 80 heavy (non-hydrogen) atoms. The fraction of sp³-hybridized carbons (Fsp3) is 0.542. The molecule has 3 aromatic carbocycles. The molecule has 2 amide bonds. The van der Waals surface area contributed by atoms with E-state index in [2.05, 4.69) is 70.9 Å². The normalized spacial score (nSPS) is 19.5. The molecule has 20 nitrogen and oxygen atoms in total. The number of fused-ring (bicyclic) bond motifs is 3. The summed E-state index contributed by atoms with van der Waals surface area (Å²) in [5, 5.41) is 22.1. The second-order valence-corrected chi connectivity index (χ2v) is 21.6. The van der Waals surface area contributed by atoms with Crippen LogP contribution in [0, 0.1) is 11.3 Å². The van der Waals surface area contributed by atoms with Crippen molar-refractivity contribution in [2.24, 2.45) is 0 Å². The first-order chi connectivity index (χ1) is 39.2. The van der Waals surface area contributed by atoms with Gasteiger partial charge in [0.1, 0.15) is 29.9 Å². The monoisotopic (exact) mass is 1110 g/mol. The Hall–Kier alpha value is -6.60. The molecule has 10 rings (SSSR count). The molecule has 0 radical (unpaired) electrons. The topological polar surface area (TPSA) is 208 Å². The number of ether oxygens (including phenoxy) is 5. The lowest BCUT2D eigenvalue weighted by atomic mass is 10.0. The minimum absolute atomic E-state index is 0.0650. The van der Waals surface area contributed by atoms with Crippen molar-refractivity contribution in [3.05, 3.63) is 82.6 Å². The fourth-order valence-electron chi connectivity index (χ4n) is 12.0. The average molecular weight is 1110 g/mol. The first kappa shape index (κ1) is 56.7. The highest BCUT2D eigenvalue weighted by atomic mass is 35.5. The molecule has 2 aromatic heterocycles. The zero-order valence-corrected chi connectivity index (χ0v) is 47.2. The number of aromatic nitrogens is 4. The Morgan fingerprint density at radius 2 is 1.70 bits per heavy atom. The smallest absolute Gasteiger partial charge is 0.318 e. The summed E-state index contributed by atoms with van der Waals surface area (Å²) in [7, 11) is 3.34. The molecule has 6 heterocycles. The third-order valence-corrected chi connectivity index (χ3v) is 16.4. The van der Waals surface area contributed by atoms with Crippen LogP contribution in [0.2, 0.25) is 5.02 Å². The molecule has 3 N–H and O–H groups in total. The summed E-state index contributed by atoms with van der Waals surface area (Å²) < 4.78 is 29.6. The molecule has 5 aliphatic rings. The first-order valence-corrected chi connectivity index (χ1v) is 29.0. The molecule has 4 aliphatic heterocycles. The Morgan fingerprint density at radius 1 is 0.900 bits per heavy atom. The second-order valence-electron chi connectivity index (χ2n) is 21.2. The van der Waals surface area contributed by atoms with Crippen LogP contribution in [0.15, 0.2) is 60.8 Å². The number of amides is 2. The van der Waals surface area contributed by atoms with Crippen molar-refractivity contribution in [3.63, 3.8) is 0 Å². The number of benzene rings is 3. The molecule has 0 spiro atoms. The van der Waals surface area contributed by atoms with Crippen LogP contribution < -0.4 is 45.0 Å². The van der Waals surface area contributed by atoms with Gasteiger partial charge in [0, 0.05) is 93.2 Å². The van der Waals surface area contributed by atoms with E-state index in [0.717, 1.165) is 128 Å². The molecule has 2 saturated heterocycles. The third kappa shape index (κ3) is 13.3. The number of anilines is 6. The Balaban J connectivity index is 0.621.